The zero-order chi connectivity index (χ0) is 21.5. The van der Waals surface area contributed by atoms with Gasteiger partial charge in [-0.05, 0) is 54.4 Å². The topological polar surface area (TPSA) is 90.8 Å². The van der Waals surface area contributed by atoms with Crippen LogP contribution in [-0.2, 0) is 4.79 Å². The number of carbonyl (C=O) groups excluding carboxylic acids is 2. The molecule has 1 atom stereocenters. The molecule has 2 amide bonds. The maximum Gasteiger partial charge on any atom is 0.273 e. The van der Waals surface area contributed by atoms with E-state index >= 15 is 0 Å². The third-order valence-electron chi connectivity index (χ3n) is 4.36. The van der Waals surface area contributed by atoms with E-state index in [2.05, 4.69) is 15.8 Å². The molecule has 0 heterocycles. The lowest BCUT2D eigenvalue weighted by atomic mass is 10.1. The maximum absolute atomic E-state index is 12.3. The van der Waals surface area contributed by atoms with Crippen LogP contribution in [-0.4, -0.2) is 22.6 Å². The van der Waals surface area contributed by atoms with Crippen LogP contribution in [0.4, 0.5) is 5.69 Å². The summed E-state index contributed by atoms with van der Waals surface area (Å²) >= 11 is 5.83. The highest BCUT2D eigenvalue weighted by molar-refractivity contribution is 6.30. The predicted octanol–water partition coefficient (Wildman–Crippen LogP) is 4.17. The number of aliphatic hydroxyl groups is 1. The van der Waals surface area contributed by atoms with Gasteiger partial charge in [0.15, 0.2) is 6.10 Å². The second-order valence-corrected chi connectivity index (χ2v) is 6.96. The summed E-state index contributed by atoms with van der Waals surface area (Å²) < 4.78 is 0. The van der Waals surface area contributed by atoms with Crippen molar-refractivity contribution in [1.29, 1.82) is 0 Å². The fourth-order valence-electron chi connectivity index (χ4n) is 2.65. The average Bonchev–Trinajstić information content (AvgIpc) is 2.78. The van der Waals surface area contributed by atoms with Gasteiger partial charge in [0.25, 0.3) is 11.8 Å². The zero-order valence-electron chi connectivity index (χ0n) is 16.2. The monoisotopic (exact) mass is 421 g/mol. The van der Waals surface area contributed by atoms with Crippen LogP contribution in [0.5, 0.6) is 0 Å². The van der Waals surface area contributed by atoms with Crippen molar-refractivity contribution in [2.45, 2.75) is 13.0 Å². The van der Waals surface area contributed by atoms with Gasteiger partial charge in [-0.1, -0.05) is 54.1 Å². The van der Waals surface area contributed by atoms with Crippen molar-refractivity contribution < 1.29 is 14.7 Å². The van der Waals surface area contributed by atoms with Crippen molar-refractivity contribution in [3.05, 3.63) is 101 Å². The van der Waals surface area contributed by atoms with Crippen LogP contribution in [0.15, 0.2) is 84.0 Å². The molecule has 0 fully saturated rings. The Hall–Kier alpha value is -3.48. The lowest BCUT2D eigenvalue weighted by molar-refractivity contribution is -0.129. The molecule has 30 heavy (non-hydrogen) atoms. The quantitative estimate of drug-likeness (QED) is 0.412. The molecule has 0 aliphatic rings. The minimum absolute atomic E-state index is 0.244. The van der Waals surface area contributed by atoms with Crippen molar-refractivity contribution in [2.24, 2.45) is 5.10 Å². The van der Waals surface area contributed by atoms with E-state index in [9.17, 15) is 14.7 Å². The van der Waals surface area contributed by atoms with Gasteiger partial charge >= 0.3 is 0 Å². The lowest BCUT2D eigenvalue weighted by Gasteiger charge is -2.10. The standard InChI is InChI=1S/C23H20ClN3O3/c1-15(26-27-23(30)21(28)17-5-3-2-4-6-17)16-9-13-20(14-10-16)25-22(29)18-7-11-19(24)12-8-18/h2-14,21,28H,1H3,(H,25,29)(H,27,30). The molecule has 0 saturated carbocycles. The Morgan fingerprint density at radius 3 is 2.13 bits per heavy atom. The van der Waals surface area contributed by atoms with Crippen LogP contribution < -0.4 is 10.7 Å². The van der Waals surface area contributed by atoms with Crippen molar-refractivity contribution in [1.82, 2.24) is 5.43 Å². The lowest BCUT2D eigenvalue weighted by Crippen LogP contribution is -2.26. The molecule has 1 unspecified atom stereocenters. The van der Waals surface area contributed by atoms with E-state index in [1.165, 1.54) is 0 Å². The molecule has 7 heteroatoms. The number of nitrogens with zero attached hydrogens (tertiary/aromatic N) is 1. The molecule has 0 saturated heterocycles. The normalized spacial score (nSPS) is 12.2. The van der Waals surface area contributed by atoms with Crippen molar-refractivity contribution >= 4 is 34.8 Å². The third kappa shape index (κ3) is 5.53. The van der Waals surface area contributed by atoms with E-state index in [0.29, 0.717) is 27.5 Å². The van der Waals surface area contributed by atoms with Gasteiger partial charge in [0.2, 0.25) is 0 Å². The molecule has 0 bridgehead atoms. The number of hydrogen-bond acceptors (Lipinski definition) is 4. The third-order valence-corrected chi connectivity index (χ3v) is 4.62. The average molecular weight is 422 g/mol. The minimum atomic E-state index is -1.30. The highest BCUT2D eigenvalue weighted by Gasteiger charge is 2.16. The smallest absolute Gasteiger partial charge is 0.273 e. The second kappa shape index (κ2) is 9.82. The summed E-state index contributed by atoms with van der Waals surface area (Å²) in [6.45, 7) is 1.73. The number of amides is 2. The van der Waals surface area contributed by atoms with E-state index in [-0.39, 0.29) is 5.91 Å². The van der Waals surface area contributed by atoms with Crippen LogP contribution in [0.25, 0.3) is 0 Å². The highest BCUT2D eigenvalue weighted by Crippen LogP contribution is 2.15. The van der Waals surface area contributed by atoms with Crippen LogP contribution in [0.2, 0.25) is 5.02 Å². The Morgan fingerprint density at radius 1 is 0.900 bits per heavy atom. The van der Waals surface area contributed by atoms with Gasteiger partial charge < -0.3 is 10.4 Å². The molecule has 0 radical (unpaired) electrons. The summed E-state index contributed by atoms with van der Waals surface area (Å²) in [7, 11) is 0. The summed E-state index contributed by atoms with van der Waals surface area (Å²) in [5, 5.41) is 17.5. The number of nitrogens with one attached hydrogen (secondary N) is 2. The first-order valence-corrected chi connectivity index (χ1v) is 9.56. The summed E-state index contributed by atoms with van der Waals surface area (Å²) in [5.41, 5.74) is 5.29. The number of carbonyl (C=O) groups is 2. The summed E-state index contributed by atoms with van der Waals surface area (Å²) in [6.07, 6.45) is -1.30. The summed E-state index contributed by atoms with van der Waals surface area (Å²) in [5.74, 6) is -0.862. The zero-order valence-corrected chi connectivity index (χ0v) is 16.9. The molecular weight excluding hydrogens is 402 g/mol. The largest absolute Gasteiger partial charge is 0.378 e. The Bertz CT molecular complexity index is 1050. The Morgan fingerprint density at radius 2 is 1.50 bits per heavy atom. The van der Waals surface area contributed by atoms with E-state index in [1.807, 2.05) is 0 Å². The predicted molar refractivity (Wildman–Crippen MR) is 118 cm³/mol. The number of aliphatic hydroxyl groups excluding tert-OH is 1. The first-order chi connectivity index (χ1) is 14.4. The van der Waals surface area contributed by atoms with Gasteiger partial charge in [-0.2, -0.15) is 5.10 Å². The first-order valence-electron chi connectivity index (χ1n) is 9.18. The van der Waals surface area contributed by atoms with E-state index < -0.39 is 12.0 Å². The van der Waals surface area contributed by atoms with Crippen LogP contribution >= 0.6 is 11.6 Å². The molecule has 0 aromatic heterocycles. The fourth-order valence-corrected chi connectivity index (χ4v) is 2.78. The van der Waals surface area contributed by atoms with E-state index in [4.69, 9.17) is 11.6 Å². The number of rotatable bonds is 6. The van der Waals surface area contributed by atoms with Gasteiger partial charge in [0, 0.05) is 16.3 Å². The molecule has 6 nitrogen and oxygen atoms in total. The van der Waals surface area contributed by atoms with Crippen molar-refractivity contribution in [3.63, 3.8) is 0 Å². The molecule has 3 N–H and O–H groups in total. The number of anilines is 1. The number of halogens is 1. The number of hydrazone groups is 1. The van der Waals surface area contributed by atoms with Gasteiger partial charge in [-0.3, -0.25) is 9.59 Å². The fraction of sp³-hybridized carbons (Fsp3) is 0.0870. The molecule has 152 valence electrons. The molecule has 3 aromatic rings. The molecule has 3 aromatic carbocycles. The van der Waals surface area contributed by atoms with Crippen LogP contribution in [0.1, 0.15) is 34.5 Å². The molecule has 3 rings (SSSR count). The summed E-state index contributed by atoms with van der Waals surface area (Å²) in [4.78, 5) is 24.3. The minimum Gasteiger partial charge on any atom is -0.378 e. The molecule has 0 aliphatic carbocycles. The van der Waals surface area contributed by atoms with E-state index in [0.717, 1.165) is 5.56 Å². The van der Waals surface area contributed by atoms with Crippen LogP contribution in [0.3, 0.4) is 0 Å². The Labute approximate surface area is 179 Å². The number of hydrogen-bond donors (Lipinski definition) is 3. The highest BCUT2D eigenvalue weighted by atomic mass is 35.5. The number of benzene rings is 3. The van der Waals surface area contributed by atoms with Gasteiger partial charge in [0.1, 0.15) is 0 Å². The first kappa shape index (κ1) is 21.2. The maximum atomic E-state index is 12.3. The second-order valence-electron chi connectivity index (χ2n) is 6.52. The van der Waals surface area contributed by atoms with Crippen molar-refractivity contribution in [3.8, 4) is 0 Å². The molecular formula is C23H20ClN3O3. The molecule has 0 spiro atoms. The van der Waals surface area contributed by atoms with Gasteiger partial charge in [0.05, 0.1) is 5.71 Å². The van der Waals surface area contributed by atoms with Gasteiger partial charge in [-0.25, -0.2) is 5.43 Å². The van der Waals surface area contributed by atoms with Crippen molar-refractivity contribution in [2.75, 3.05) is 5.32 Å². The molecule has 0 aliphatic heterocycles. The SMILES string of the molecule is CC(=NNC(=O)C(O)c1ccccc1)c1ccc(NC(=O)c2ccc(Cl)cc2)cc1. The van der Waals surface area contributed by atoms with E-state index in [1.54, 1.807) is 85.8 Å². The Balaban J connectivity index is 1.60. The Kier molecular flexibility index (Phi) is 6.95. The van der Waals surface area contributed by atoms with Gasteiger partial charge in [-0.15, -0.1) is 0 Å². The summed E-state index contributed by atoms with van der Waals surface area (Å²) in [6, 6.07) is 22.3. The van der Waals surface area contributed by atoms with Crippen LogP contribution in [0, 0.1) is 0 Å².